The lowest BCUT2D eigenvalue weighted by molar-refractivity contribution is 1.15. The molecular formula is C24H12N2O. The molecule has 0 spiro atoms. The molecule has 0 amide bonds. The van der Waals surface area contributed by atoms with Gasteiger partial charge in [0.2, 0.25) is 0 Å². The molecule has 27 heavy (non-hydrogen) atoms. The van der Waals surface area contributed by atoms with Crippen LogP contribution in [0.2, 0.25) is 0 Å². The van der Waals surface area contributed by atoms with Crippen LogP contribution in [-0.2, 0) is 0 Å². The molecular weight excluding hydrogens is 332 g/mol. The second-order valence-electron chi connectivity index (χ2n) is 7.22. The minimum atomic E-state index is -0.00430. The molecule has 124 valence electrons. The Kier molecular flexibility index (Phi) is 2.16. The van der Waals surface area contributed by atoms with Crippen molar-refractivity contribution in [3.63, 3.8) is 0 Å². The summed E-state index contributed by atoms with van der Waals surface area (Å²) in [6.07, 6.45) is 0. The molecule has 7 rings (SSSR count). The summed E-state index contributed by atoms with van der Waals surface area (Å²) in [5, 5.41) is 8.47. The van der Waals surface area contributed by atoms with Crippen molar-refractivity contribution in [1.29, 1.82) is 0 Å². The summed E-state index contributed by atoms with van der Waals surface area (Å²) in [6.45, 7) is 0. The fourth-order valence-corrected chi connectivity index (χ4v) is 4.74. The summed E-state index contributed by atoms with van der Waals surface area (Å²) in [7, 11) is 0. The maximum atomic E-state index is 13.5. The van der Waals surface area contributed by atoms with Gasteiger partial charge in [-0.15, -0.1) is 0 Å². The van der Waals surface area contributed by atoms with Crippen molar-refractivity contribution in [3.8, 4) is 0 Å². The zero-order chi connectivity index (χ0) is 17.7. The third kappa shape index (κ3) is 1.46. The molecule has 3 heteroatoms. The van der Waals surface area contributed by atoms with Gasteiger partial charge in [0, 0.05) is 26.9 Å². The number of aromatic nitrogens is 2. The zero-order valence-electron chi connectivity index (χ0n) is 14.2. The fourth-order valence-electron chi connectivity index (χ4n) is 4.74. The van der Waals surface area contributed by atoms with Crippen LogP contribution in [0, 0.1) is 0 Å². The molecule has 0 unspecified atom stereocenters. The van der Waals surface area contributed by atoms with Crippen LogP contribution in [0.25, 0.3) is 59.8 Å². The number of benzene rings is 4. The van der Waals surface area contributed by atoms with Gasteiger partial charge in [0.05, 0.1) is 11.0 Å². The molecule has 0 saturated heterocycles. The molecule has 0 aliphatic heterocycles. The number of nitrogens with zero attached hydrogens (tertiary/aromatic N) is 2. The van der Waals surface area contributed by atoms with Gasteiger partial charge in [0.15, 0.2) is 0 Å². The molecule has 0 N–H and O–H groups in total. The Morgan fingerprint density at radius 1 is 0.630 bits per heavy atom. The van der Waals surface area contributed by atoms with Crippen molar-refractivity contribution in [3.05, 3.63) is 83.2 Å². The molecule has 0 bridgehead atoms. The predicted molar refractivity (Wildman–Crippen MR) is 111 cm³/mol. The van der Waals surface area contributed by atoms with E-state index in [1.54, 1.807) is 4.40 Å². The molecule has 3 nitrogen and oxygen atoms in total. The Hall–Kier alpha value is -3.72. The Morgan fingerprint density at radius 2 is 1.30 bits per heavy atom. The van der Waals surface area contributed by atoms with Crippen LogP contribution < -0.4 is 5.56 Å². The topological polar surface area (TPSA) is 34.4 Å². The van der Waals surface area contributed by atoms with Crippen molar-refractivity contribution in [2.75, 3.05) is 0 Å². The van der Waals surface area contributed by atoms with E-state index in [0.29, 0.717) is 0 Å². The first-order valence-corrected chi connectivity index (χ1v) is 9.04. The minimum Gasteiger partial charge on any atom is -0.268 e. The van der Waals surface area contributed by atoms with Gasteiger partial charge < -0.3 is 0 Å². The highest BCUT2D eigenvalue weighted by Gasteiger charge is 2.17. The van der Waals surface area contributed by atoms with E-state index < -0.39 is 0 Å². The first-order chi connectivity index (χ1) is 13.3. The van der Waals surface area contributed by atoms with E-state index in [0.717, 1.165) is 43.6 Å². The molecule has 2 heterocycles. The van der Waals surface area contributed by atoms with Gasteiger partial charge in [-0.3, -0.25) is 9.20 Å². The van der Waals surface area contributed by atoms with Gasteiger partial charge in [-0.05, 0) is 34.4 Å². The monoisotopic (exact) mass is 344 g/mol. The second kappa shape index (κ2) is 4.33. The number of fused-ring (bicyclic) bond motifs is 3. The molecule has 7 aromatic rings. The van der Waals surface area contributed by atoms with Gasteiger partial charge in [-0.1, -0.05) is 54.6 Å². The molecule has 0 saturated carbocycles. The van der Waals surface area contributed by atoms with Gasteiger partial charge in [0.1, 0.15) is 5.65 Å². The van der Waals surface area contributed by atoms with Gasteiger partial charge >= 0.3 is 0 Å². The SMILES string of the molecule is O=c1c2cccc3cccc(c32)c2nc3ccc4ccc5ccc(c3c45)n12. The standard InChI is InChI=1S/C24H12N2O/c27-24-17-6-2-4-13-3-1-5-16(21(13)17)23-25-18-11-9-14-7-8-15-10-12-19(26(23)24)22(18)20(14)15/h1-12H. The maximum absolute atomic E-state index is 13.5. The maximum Gasteiger partial charge on any atom is 0.264 e. The number of hydrogen-bond acceptors (Lipinski definition) is 2. The van der Waals surface area contributed by atoms with Crippen LogP contribution in [0.5, 0.6) is 0 Å². The molecule has 0 aliphatic carbocycles. The quantitative estimate of drug-likeness (QED) is 0.275. The van der Waals surface area contributed by atoms with Gasteiger partial charge in [-0.25, -0.2) is 4.98 Å². The summed E-state index contributed by atoms with van der Waals surface area (Å²) in [5.74, 6) is 0. The van der Waals surface area contributed by atoms with Crippen molar-refractivity contribution >= 4 is 59.8 Å². The van der Waals surface area contributed by atoms with Crippen molar-refractivity contribution in [2.45, 2.75) is 0 Å². The lowest BCUT2D eigenvalue weighted by Gasteiger charge is -2.14. The zero-order valence-corrected chi connectivity index (χ0v) is 14.2. The molecule has 0 radical (unpaired) electrons. The third-order valence-electron chi connectivity index (χ3n) is 5.88. The van der Waals surface area contributed by atoms with Crippen LogP contribution in [0.3, 0.4) is 0 Å². The second-order valence-corrected chi connectivity index (χ2v) is 7.22. The van der Waals surface area contributed by atoms with Crippen LogP contribution in [0.4, 0.5) is 0 Å². The van der Waals surface area contributed by atoms with Gasteiger partial charge in [-0.2, -0.15) is 0 Å². The molecule has 2 aromatic heterocycles. The highest BCUT2D eigenvalue weighted by atomic mass is 16.1. The normalized spacial score (nSPS) is 12.6. The first-order valence-electron chi connectivity index (χ1n) is 9.04. The molecule has 0 fully saturated rings. The Bertz CT molecular complexity index is 1720. The fraction of sp³-hybridized carbons (Fsp3) is 0. The Morgan fingerprint density at radius 3 is 2.11 bits per heavy atom. The predicted octanol–water partition coefficient (Wildman–Crippen LogP) is 5.34. The van der Waals surface area contributed by atoms with E-state index in [1.165, 1.54) is 16.2 Å². The summed E-state index contributed by atoms with van der Waals surface area (Å²) in [6, 6.07) is 24.7. The molecule has 5 aromatic carbocycles. The molecule has 0 aliphatic rings. The van der Waals surface area contributed by atoms with E-state index in [1.807, 2.05) is 18.2 Å². The van der Waals surface area contributed by atoms with E-state index >= 15 is 0 Å². The van der Waals surface area contributed by atoms with Crippen LogP contribution >= 0.6 is 0 Å². The first kappa shape index (κ1) is 13.5. The van der Waals surface area contributed by atoms with E-state index in [-0.39, 0.29) is 5.56 Å². The molecule has 0 atom stereocenters. The number of rotatable bonds is 0. The van der Waals surface area contributed by atoms with Crippen molar-refractivity contribution < 1.29 is 0 Å². The van der Waals surface area contributed by atoms with E-state index in [2.05, 4.69) is 54.6 Å². The van der Waals surface area contributed by atoms with E-state index in [9.17, 15) is 4.79 Å². The van der Waals surface area contributed by atoms with Crippen LogP contribution in [0.15, 0.2) is 77.6 Å². The lowest BCUT2D eigenvalue weighted by atomic mass is 10.0. The Balaban J connectivity index is 1.93. The minimum absolute atomic E-state index is 0.00430. The summed E-state index contributed by atoms with van der Waals surface area (Å²) in [5.41, 5.74) is 2.58. The van der Waals surface area contributed by atoms with Gasteiger partial charge in [0.25, 0.3) is 5.56 Å². The average Bonchev–Trinajstić information content (AvgIpc) is 3.14. The summed E-state index contributed by atoms with van der Waals surface area (Å²) < 4.78 is 1.80. The summed E-state index contributed by atoms with van der Waals surface area (Å²) >= 11 is 0. The van der Waals surface area contributed by atoms with E-state index in [4.69, 9.17) is 4.98 Å². The number of pyridine rings is 1. The number of hydrogen-bond donors (Lipinski definition) is 0. The third-order valence-corrected chi connectivity index (χ3v) is 5.88. The lowest BCUT2D eigenvalue weighted by Crippen LogP contribution is -2.16. The highest BCUT2D eigenvalue weighted by Crippen LogP contribution is 2.36. The Labute approximate surface area is 152 Å². The highest BCUT2D eigenvalue weighted by molar-refractivity contribution is 6.24. The smallest absolute Gasteiger partial charge is 0.264 e. The van der Waals surface area contributed by atoms with Crippen LogP contribution in [-0.4, -0.2) is 9.38 Å². The van der Waals surface area contributed by atoms with Crippen LogP contribution in [0.1, 0.15) is 0 Å². The average molecular weight is 344 g/mol. The van der Waals surface area contributed by atoms with Crippen molar-refractivity contribution in [2.24, 2.45) is 0 Å². The van der Waals surface area contributed by atoms with Crippen molar-refractivity contribution in [1.82, 2.24) is 9.38 Å². The summed E-state index contributed by atoms with van der Waals surface area (Å²) in [4.78, 5) is 18.5. The largest absolute Gasteiger partial charge is 0.268 e.